The lowest BCUT2D eigenvalue weighted by Gasteiger charge is -2.52. The van der Waals surface area contributed by atoms with Crippen molar-refractivity contribution in [2.24, 2.45) is 11.8 Å². The van der Waals surface area contributed by atoms with Crippen molar-refractivity contribution in [3.05, 3.63) is 65.0 Å². The monoisotopic (exact) mass is 696 g/mol. The van der Waals surface area contributed by atoms with E-state index in [4.69, 9.17) is 9.47 Å². The first-order chi connectivity index (χ1) is 24.1. The standard InChI is InChI=1S/C37H47F3N6O4/c1-49-34(47)42-21-37(28-5-3-6-29(38)16-28,32-7-4-8-33(32)43-35(48)50-2)27-11-13-44(14-12-27)22-36(40)23-46(24-36)31-10-9-25(17-41)26(15-31)18-45-19-30(39)20-45/h3,5-6,9-10,15-16,27,30,32-33H,4,7-8,11-14,18-24H2,1-2H3,(H,42,47)(H,43,48)/t32-,33-,37-/m0/s1. The number of nitrogens with zero attached hydrogens (tertiary/aromatic N) is 4. The highest BCUT2D eigenvalue weighted by atomic mass is 19.1. The number of nitriles is 1. The van der Waals surface area contributed by atoms with Gasteiger partial charge in [0.2, 0.25) is 0 Å². The Balaban J connectivity index is 1.16. The van der Waals surface area contributed by atoms with E-state index in [-0.39, 0.29) is 49.9 Å². The van der Waals surface area contributed by atoms with E-state index in [9.17, 15) is 23.6 Å². The van der Waals surface area contributed by atoms with Crippen LogP contribution in [0.3, 0.4) is 0 Å². The van der Waals surface area contributed by atoms with E-state index in [1.807, 2.05) is 28.0 Å². The maximum absolute atomic E-state index is 16.2. The number of amides is 2. The number of likely N-dealkylation sites (tertiary alicyclic amines) is 2. The summed E-state index contributed by atoms with van der Waals surface area (Å²) in [6, 6.07) is 14.0. The molecule has 3 aliphatic heterocycles. The summed E-state index contributed by atoms with van der Waals surface area (Å²) in [5.74, 6) is -0.510. The van der Waals surface area contributed by atoms with Crippen LogP contribution in [0.25, 0.3) is 0 Å². The normalized spacial score (nSPS) is 24.0. The van der Waals surface area contributed by atoms with Gasteiger partial charge in [-0.3, -0.25) is 9.80 Å². The van der Waals surface area contributed by atoms with E-state index in [0.29, 0.717) is 51.1 Å². The summed E-state index contributed by atoms with van der Waals surface area (Å²) in [6.45, 7) is 3.39. The number of nitrogens with one attached hydrogen (secondary N) is 2. The summed E-state index contributed by atoms with van der Waals surface area (Å²) < 4.78 is 54.3. The fourth-order valence-corrected chi connectivity index (χ4v) is 8.98. The van der Waals surface area contributed by atoms with E-state index in [2.05, 4.69) is 21.6 Å². The Kier molecular flexibility index (Phi) is 10.8. The third-order valence-electron chi connectivity index (χ3n) is 11.4. The number of methoxy groups -OCH3 is 2. The Labute approximate surface area is 291 Å². The van der Waals surface area contributed by atoms with Crippen LogP contribution in [0.4, 0.5) is 28.4 Å². The summed E-state index contributed by atoms with van der Waals surface area (Å²) in [5, 5.41) is 15.5. The second-order valence-electron chi connectivity index (χ2n) is 14.5. The minimum absolute atomic E-state index is 0.00708. The fraction of sp³-hybridized carbons (Fsp3) is 0.595. The topological polar surface area (TPSA) is 110 Å². The number of carbonyl (C=O) groups excluding carboxylic acids is 2. The molecule has 0 aromatic heterocycles. The highest BCUT2D eigenvalue weighted by Crippen LogP contribution is 2.50. The molecule has 4 fully saturated rings. The lowest BCUT2D eigenvalue weighted by atomic mass is 9.58. The van der Waals surface area contributed by atoms with Crippen molar-refractivity contribution < 1.29 is 32.2 Å². The molecule has 2 aromatic rings. The molecule has 2 N–H and O–H groups in total. The predicted molar refractivity (Wildman–Crippen MR) is 182 cm³/mol. The highest BCUT2D eigenvalue weighted by molar-refractivity contribution is 5.68. The van der Waals surface area contributed by atoms with Crippen LogP contribution >= 0.6 is 0 Å². The van der Waals surface area contributed by atoms with Crippen LogP contribution in [0, 0.1) is 29.0 Å². The molecule has 4 aliphatic rings. The molecular weight excluding hydrogens is 649 g/mol. The maximum Gasteiger partial charge on any atom is 0.407 e. The van der Waals surface area contributed by atoms with Crippen molar-refractivity contribution in [2.45, 2.75) is 61.9 Å². The number of alkyl carbamates (subject to hydrolysis) is 2. The Morgan fingerprint density at radius 2 is 1.76 bits per heavy atom. The number of halogens is 3. The molecule has 10 nitrogen and oxygen atoms in total. The van der Waals surface area contributed by atoms with Crippen LogP contribution in [0.5, 0.6) is 0 Å². The van der Waals surface area contributed by atoms with Crippen molar-refractivity contribution >= 4 is 17.9 Å². The SMILES string of the molecule is COC(=O)NC[C@@](c1cccc(F)c1)(C1CCN(CC2(F)CN(c3ccc(C#N)c(CN4CC(F)C4)c3)C2)CC1)[C@H]1CCC[C@@H]1NC(=O)OC. The van der Waals surface area contributed by atoms with Gasteiger partial charge in [0.05, 0.1) is 38.9 Å². The van der Waals surface area contributed by atoms with Gasteiger partial charge in [0.1, 0.15) is 12.0 Å². The van der Waals surface area contributed by atoms with Crippen LogP contribution < -0.4 is 15.5 Å². The molecule has 0 unspecified atom stereocenters. The largest absolute Gasteiger partial charge is 0.453 e. The molecule has 6 rings (SSSR count). The summed E-state index contributed by atoms with van der Waals surface area (Å²) in [4.78, 5) is 31.0. The molecule has 3 saturated heterocycles. The van der Waals surface area contributed by atoms with Gasteiger partial charge in [-0.1, -0.05) is 18.6 Å². The van der Waals surface area contributed by atoms with E-state index < -0.39 is 29.4 Å². The summed E-state index contributed by atoms with van der Waals surface area (Å²) in [5.41, 5.74) is 0.838. The Hall–Kier alpha value is -4.02. The zero-order valence-electron chi connectivity index (χ0n) is 28.8. The molecular formula is C37H47F3N6O4. The lowest BCUT2D eigenvalue weighted by molar-refractivity contribution is 0.0255. The number of piperidine rings is 1. The molecule has 13 heteroatoms. The van der Waals surface area contributed by atoms with Crippen molar-refractivity contribution in [3.8, 4) is 6.07 Å². The zero-order valence-corrected chi connectivity index (χ0v) is 28.8. The summed E-state index contributed by atoms with van der Waals surface area (Å²) in [7, 11) is 2.63. The van der Waals surface area contributed by atoms with Gasteiger partial charge >= 0.3 is 12.2 Å². The molecule has 50 heavy (non-hydrogen) atoms. The van der Waals surface area contributed by atoms with Crippen LogP contribution in [0.15, 0.2) is 42.5 Å². The summed E-state index contributed by atoms with van der Waals surface area (Å²) in [6.07, 6.45) is 1.79. The quantitative estimate of drug-likeness (QED) is 0.341. The molecule has 2 amide bonds. The smallest absolute Gasteiger partial charge is 0.407 e. The van der Waals surface area contributed by atoms with E-state index >= 15 is 4.39 Å². The molecule has 1 aliphatic carbocycles. The van der Waals surface area contributed by atoms with Crippen LogP contribution in [0.1, 0.15) is 48.8 Å². The average molecular weight is 697 g/mol. The van der Waals surface area contributed by atoms with Crippen LogP contribution in [-0.2, 0) is 21.4 Å². The first-order valence-electron chi connectivity index (χ1n) is 17.5. The first kappa shape index (κ1) is 35.8. The zero-order chi connectivity index (χ0) is 35.5. The molecule has 3 heterocycles. The number of ether oxygens (including phenoxy) is 2. The number of hydrogen-bond acceptors (Lipinski definition) is 8. The van der Waals surface area contributed by atoms with Gasteiger partial charge in [0.25, 0.3) is 0 Å². The molecule has 270 valence electrons. The van der Waals surface area contributed by atoms with Crippen LogP contribution in [-0.4, -0.2) is 106 Å². The number of alkyl halides is 2. The lowest BCUT2D eigenvalue weighted by Crippen LogP contribution is -2.65. The second kappa shape index (κ2) is 15.1. The Bertz CT molecular complexity index is 1570. The number of hydrogen-bond donors (Lipinski definition) is 2. The number of anilines is 1. The third-order valence-corrected chi connectivity index (χ3v) is 11.4. The van der Waals surface area contributed by atoms with Crippen molar-refractivity contribution in [1.29, 1.82) is 5.26 Å². The minimum atomic E-state index is -1.41. The van der Waals surface area contributed by atoms with Gasteiger partial charge in [-0.2, -0.15) is 5.26 Å². The van der Waals surface area contributed by atoms with Gasteiger partial charge in [-0.25, -0.2) is 22.8 Å². The molecule has 3 atom stereocenters. The van der Waals surface area contributed by atoms with Crippen molar-refractivity contribution in [3.63, 3.8) is 0 Å². The van der Waals surface area contributed by atoms with Crippen LogP contribution in [0.2, 0.25) is 0 Å². The van der Waals surface area contributed by atoms with E-state index in [1.165, 1.54) is 26.4 Å². The van der Waals surface area contributed by atoms with Gasteiger partial charge in [0.15, 0.2) is 5.67 Å². The van der Waals surface area contributed by atoms with E-state index in [0.717, 1.165) is 36.1 Å². The highest BCUT2D eigenvalue weighted by Gasteiger charge is 2.53. The second-order valence-corrected chi connectivity index (χ2v) is 14.5. The van der Waals surface area contributed by atoms with Gasteiger partial charge in [0, 0.05) is 49.9 Å². The Morgan fingerprint density at radius 1 is 1.02 bits per heavy atom. The van der Waals surface area contributed by atoms with E-state index in [1.54, 1.807) is 12.1 Å². The number of carbonyl (C=O) groups is 2. The first-order valence-corrected chi connectivity index (χ1v) is 17.5. The average Bonchev–Trinajstić information content (AvgIpc) is 3.55. The number of rotatable bonds is 11. The number of benzene rings is 2. The molecule has 0 spiro atoms. The predicted octanol–water partition coefficient (Wildman–Crippen LogP) is 4.91. The van der Waals surface area contributed by atoms with Gasteiger partial charge < -0.3 is 25.0 Å². The van der Waals surface area contributed by atoms with Gasteiger partial charge in [-0.05, 0) is 92.1 Å². The third kappa shape index (κ3) is 7.51. The Morgan fingerprint density at radius 3 is 2.42 bits per heavy atom. The maximum atomic E-state index is 16.2. The molecule has 2 aromatic carbocycles. The van der Waals surface area contributed by atoms with Gasteiger partial charge in [-0.15, -0.1) is 0 Å². The molecule has 0 radical (unpaired) electrons. The summed E-state index contributed by atoms with van der Waals surface area (Å²) >= 11 is 0. The van der Waals surface area contributed by atoms with Crippen molar-refractivity contribution in [2.75, 3.05) is 71.5 Å². The van der Waals surface area contributed by atoms with Crippen molar-refractivity contribution in [1.82, 2.24) is 20.4 Å². The fourth-order valence-electron chi connectivity index (χ4n) is 8.98. The minimum Gasteiger partial charge on any atom is -0.453 e. The molecule has 1 saturated carbocycles. The molecule has 0 bridgehead atoms.